The Morgan fingerprint density at radius 1 is 0.369 bits per heavy atom. The summed E-state index contributed by atoms with van der Waals surface area (Å²) >= 11 is 0. The van der Waals surface area contributed by atoms with E-state index in [2.05, 4.69) is 13.2 Å². The van der Waals surface area contributed by atoms with E-state index in [9.17, 15) is 47.9 Å². The van der Waals surface area contributed by atoms with E-state index in [1.165, 1.54) is 36.4 Å². The maximum atomic E-state index is 13.6. The molecule has 22 nitrogen and oxygen atoms in total. The SMILES string of the molecule is C=CC(=O)OCCCCCCOC(=O)C1CCC(C(=O)Oc2ccc(OC(=O)C3CCC(C(=O)Oc4ccc(OC(=O)C5CCC(C(=O)OCCCCOC(=O)C=C)CC5)c(C(=O)OCCOCC)c4)CC3)cc2C(=O)OCCOCC)CC1. The number of rotatable bonds is 34. The van der Waals surface area contributed by atoms with Gasteiger partial charge in [-0.3, -0.25) is 28.8 Å². The highest BCUT2D eigenvalue weighted by atomic mass is 16.6. The number of carbonyl (C=O) groups is 10. The molecule has 0 spiro atoms. The monoisotopic (exact) mass is 1180 g/mol. The van der Waals surface area contributed by atoms with Crippen LogP contribution in [-0.4, -0.2) is 126 Å². The highest BCUT2D eigenvalue weighted by molar-refractivity contribution is 5.95. The average molecular weight is 1180 g/mol. The molecule has 0 radical (unpaired) electrons. The molecule has 5 rings (SSSR count). The quantitative estimate of drug-likeness (QED) is 0.0208. The summed E-state index contributed by atoms with van der Waals surface area (Å²) in [5.74, 6) is -9.14. The molecule has 0 unspecified atom stereocenters. The lowest BCUT2D eigenvalue weighted by molar-refractivity contribution is -0.152. The van der Waals surface area contributed by atoms with E-state index in [0.29, 0.717) is 96.9 Å². The normalized spacial score (nSPS) is 19.2. The van der Waals surface area contributed by atoms with Gasteiger partial charge in [0.15, 0.2) is 0 Å². The zero-order chi connectivity index (χ0) is 60.6. The van der Waals surface area contributed by atoms with Crippen LogP contribution < -0.4 is 18.9 Å². The van der Waals surface area contributed by atoms with Gasteiger partial charge in [-0.05, 0) is 166 Å². The number of hydrogen-bond acceptors (Lipinski definition) is 22. The van der Waals surface area contributed by atoms with Crippen molar-refractivity contribution in [1.29, 1.82) is 0 Å². The van der Waals surface area contributed by atoms with Crippen LogP contribution in [0.4, 0.5) is 0 Å². The van der Waals surface area contributed by atoms with Gasteiger partial charge >= 0.3 is 59.7 Å². The standard InChI is InChI=1S/C62H80O22/c1-5-53(63)75-31-11-9-10-12-33-77-55(65)41-15-19-45(20-16-41)59(69)83-51-29-27-47(39-49(51)61(71)79-37-35-73-7-3)81-57(67)43-23-25-44(26-24-43)58(68)82-48-28-30-52(50(40-48)62(72)80-38-36-74-8-4)84-60(70)46-21-17-42(18-22-46)56(66)78-34-14-13-32-76-54(64)6-2/h5-6,27-30,39-46H,1-2,7-26,31-38H2,3-4H3. The van der Waals surface area contributed by atoms with Crippen LogP contribution in [0.25, 0.3) is 0 Å². The van der Waals surface area contributed by atoms with Crippen molar-refractivity contribution in [3.05, 3.63) is 72.8 Å². The minimum atomic E-state index is -0.847. The molecule has 0 amide bonds. The Balaban J connectivity index is 1.11. The topological polar surface area (TPSA) is 281 Å². The Morgan fingerprint density at radius 2 is 0.667 bits per heavy atom. The molecule has 0 heterocycles. The molecule has 0 atom stereocenters. The molecule has 3 fully saturated rings. The van der Waals surface area contributed by atoms with Crippen molar-refractivity contribution in [2.24, 2.45) is 35.5 Å². The summed E-state index contributed by atoms with van der Waals surface area (Å²) in [7, 11) is 0. The Morgan fingerprint density at radius 3 is 0.988 bits per heavy atom. The molecular weight excluding hydrogens is 1100 g/mol. The van der Waals surface area contributed by atoms with Gasteiger partial charge in [-0.25, -0.2) is 19.2 Å². The maximum absolute atomic E-state index is 13.6. The Labute approximate surface area is 489 Å². The molecule has 0 aromatic heterocycles. The number of benzene rings is 2. The molecule has 3 aliphatic rings. The molecule has 84 heavy (non-hydrogen) atoms. The van der Waals surface area contributed by atoms with E-state index in [1.807, 2.05) is 0 Å². The lowest BCUT2D eigenvalue weighted by Gasteiger charge is -2.26. The van der Waals surface area contributed by atoms with Crippen LogP contribution >= 0.6 is 0 Å². The minimum Gasteiger partial charge on any atom is -0.465 e. The molecule has 0 bridgehead atoms. The van der Waals surface area contributed by atoms with Gasteiger partial charge in [-0.1, -0.05) is 13.2 Å². The molecule has 22 heteroatoms. The van der Waals surface area contributed by atoms with Crippen molar-refractivity contribution in [2.45, 2.75) is 129 Å². The van der Waals surface area contributed by atoms with Gasteiger partial charge in [-0.15, -0.1) is 0 Å². The number of unbranched alkanes of at least 4 members (excludes halogenated alkanes) is 4. The summed E-state index contributed by atoms with van der Waals surface area (Å²) < 4.78 is 65.2. The number of esters is 10. The second kappa shape index (κ2) is 37.0. The Bertz CT molecular complexity index is 2550. The van der Waals surface area contributed by atoms with Gasteiger partial charge in [0, 0.05) is 25.4 Å². The largest absolute Gasteiger partial charge is 0.465 e. The van der Waals surface area contributed by atoms with Crippen molar-refractivity contribution in [2.75, 3.05) is 66.1 Å². The summed E-state index contributed by atoms with van der Waals surface area (Å²) in [5.41, 5.74) is -0.321. The molecule has 0 N–H and O–H groups in total. The molecule has 0 saturated heterocycles. The van der Waals surface area contributed by atoms with Crippen molar-refractivity contribution in [3.63, 3.8) is 0 Å². The van der Waals surface area contributed by atoms with Gasteiger partial charge in [0.25, 0.3) is 0 Å². The smallest absolute Gasteiger partial charge is 0.342 e. The summed E-state index contributed by atoms with van der Waals surface area (Å²) in [5, 5.41) is 0. The predicted octanol–water partition coefficient (Wildman–Crippen LogP) is 8.70. The fraction of sp³-hybridized carbons (Fsp3) is 0.581. The highest BCUT2D eigenvalue weighted by Crippen LogP contribution is 2.37. The zero-order valence-electron chi connectivity index (χ0n) is 48.3. The maximum Gasteiger partial charge on any atom is 0.342 e. The third-order valence-corrected chi connectivity index (χ3v) is 14.6. The first-order valence-corrected chi connectivity index (χ1v) is 29.2. The second-order valence-electron chi connectivity index (χ2n) is 20.5. The fourth-order valence-corrected chi connectivity index (χ4v) is 9.76. The van der Waals surface area contributed by atoms with E-state index in [-0.39, 0.29) is 124 Å². The van der Waals surface area contributed by atoms with Gasteiger partial charge in [-0.2, -0.15) is 0 Å². The Kier molecular flexibility index (Phi) is 29.6. The number of hydrogen-bond donors (Lipinski definition) is 0. The molecule has 3 saturated carbocycles. The van der Waals surface area contributed by atoms with Crippen LogP contribution in [0.1, 0.15) is 150 Å². The summed E-state index contributed by atoms with van der Waals surface area (Å²) in [4.78, 5) is 129. The molecular formula is C62H80O22. The van der Waals surface area contributed by atoms with Gasteiger partial charge in [0.2, 0.25) is 0 Å². The van der Waals surface area contributed by atoms with Crippen LogP contribution in [0, 0.1) is 35.5 Å². The second-order valence-corrected chi connectivity index (χ2v) is 20.5. The molecule has 2 aromatic rings. The number of ether oxygens (including phenoxy) is 12. The summed E-state index contributed by atoms with van der Waals surface area (Å²) in [6, 6.07) is 7.99. The minimum absolute atomic E-state index is 0.00645. The van der Waals surface area contributed by atoms with Crippen LogP contribution in [0.5, 0.6) is 23.0 Å². The van der Waals surface area contributed by atoms with E-state index in [1.54, 1.807) is 13.8 Å². The van der Waals surface area contributed by atoms with Crippen molar-refractivity contribution < 1.29 is 105 Å². The Hall–Kier alpha value is -7.46. The highest BCUT2D eigenvalue weighted by Gasteiger charge is 2.36. The molecule has 2 aromatic carbocycles. The van der Waals surface area contributed by atoms with Crippen LogP contribution in [-0.2, 0) is 76.3 Å². The third kappa shape index (κ3) is 22.9. The predicted molar refractivity (Wildman–Crippen MR) is 297 cm³/mol. The molecule has 0 aliphatic heterocycles. The van der Waals surface area contributed by atoms with Crippen LogP contribution in [0.2, 0.25) is 0 Å². The lowest BCUT2D eigenvalue weighted by atomic mass is 9.82. The van der Waals surface area contributed by atoms with Gasteiger partial charge < -0.3 is 56.8 Å². The molecule has 460 valence electrons. The lowest BCUT2D eigenvalue weighted by Crippen LogP contribution is -2.30. The first kappa shape index (κ1) is 67.3. The van der Waals surface area contributed by atoms with Crippen molar-refractivity contribution >= 4 is 59.7 Å². The number of carbonyl (C=O) groups excluding carboxylic acids is 10. The van der Waals surface area contributed by atoms with Crippen molar-refractivity contribution in [3.8, 4) is 23.0 Å². The van der Waals surface area contributed by atoms with Crippen molar-refractivity contribution in [1.82, 2.24) is 0 Å². The van der Waals surface area contributed by atoms with E-state index in [0.717, 1.165) is 25.0 Å². The average Bonchev–Trinajstić information content (AvgIpc) is 3.49. The van der Waals surface area contributed by atoms with Crippen LogP contribution in [0.15, 0.2) is 61.7 Å². The summed E-state index contributed by atoms with van der Waals surface area (Å²) in [6.07, 6.45) is 10.2. The molecule has 3 aliphatic carbocycles. The van der Waals surface area contributed by atoms with E-state index in [4.69, 9.17) is 56.8 Å². The van der Waals surface area contributed by atoms with E-state index < -0.39 is 77.3 Å². The summed E-state index contributed by atoms with van der Waals surface area (Å²) in [6.45, 7) is 12.0. The first-order chi connectivity index (χ1) is 40.6. The van der Waals surface area contributed by atoms with Gasteiger partial charge in [0.1, 0.15) is 47.3 Å². The first-order valence-electron chi connectivity index (χ1n) is 29.2. The van der Waals surface area contributed by atoms with Crippen LogP contribution in [0.3, 0.4) is 0 Å². The third-order valence-electron chi connectivity index (χ3n) is 14.6. The van der Waals surface area contributed by atoms with Gasteiger partial charge in [0.05, 0.1) is 75.1 Å². The fourth-order valence-electron chi connectivity index (χ4n) is 9.76. The zero-order valence-corrected chi connectivity index (χ0v) is 48.3. The van der Waals surface area contributed by atoms with E-state index >= 15 is 0 Å².